The number of halogens is 1. The average molecular weight is 433 g/mol. The van der Waals surface area contributed by atoms with Crippen molar-refractivity contribution in [2.24, 2.45) is 0 Å². The van der Waals surface area contributed by atoms with E-state index in [0.29, 0.717) is 22.1 Å². The van der Waals surface area contributed by atoms with Crippen molar-refractivity contribution in [3.63, 3.8) is 0 Å². The van der Waals surface area contributed by atoms with Gasteiger partial charge in [-0.1, -0.05) is 29.8 Å². The predicted octanol–water partition coefficient (Wildman–Crippen LogP) is 4.71. The van der Waals surface area contributed by atoms with Crippen molar-refractivity contribution in [2.45, 2.75) is 18.2 Å². The number of anilines is 2. The third-order valence-corrected chi connectivity index (χ3v) is 7.31. The van der Waals surface area contributed by atoms with E-state index in [0.717, 1.165) is 23.2 Å². The van der Waals surface area contributed by atoms with Gasteiger partial charge in [-0.15, -0.1) is 11.3 Å². The molecule has 0 saturated heterocycles. The minimum absolute atomic E-state index is 0.0703. The number of carbonyl (C=O) groups excluding carboxylic acids is 1. The van der Waals surface area contributed by atoms with Crippen molar-refractivity contribution in [3.05, 3.63) is 74.9 Å². The number of nitrogens with zero attached hydrogens (tertiary/aromatic N) is 1. The van der Waals surface area contributed by atoms with Gasteiger partial charge in [0.15, 0.2) is 0 Å². The molecule has 4 rings (SSSR count). The summed E-state index contributed by atoms with van der Waals surface area (Å²) in [5, 5.41) is 2.26. The summed E-state index contributed by atoms with van der Waals surface area (Å²) in [6.07, 6.45) is 0.743. The largest absolute Gasteiger partial charge is 0.307 e. The molecule has 0 spiro atoms. The van der Waals surface area contributed by atoms with E-state index in [1.54, 1.807) is 29.2 Å². The van der Waals surface area contributed by atoms with E-state index in [1.807, 2.05) is 24.4 Å². The number of fused-ring (bicyclic) bond motifs is 1. The number of sulfonamides is 1. The van der Waals surface area contributed by atoms with Crippen LogP contribution in [0.5, 0.6) is 0 Å². The quantitative estimate of drug-likeness (QED) is 0.649. The van der Waals surface area contributed by atoms with Crippen LogP contribution < -0.4 is 9.62 Å². The fourth-order valence-electron chi connectivity index (χ4n) is 3.14. The minimum atomic E-state index is -3.79. The van der Waals surface area contributed by atoms with Gasteiger partial charge < -0.3 is 4.90 Å². The maximum Gasteiger partial charge on any atom is 0.268 e. The van der Waals surface area contributed by atoms with Gasteiger partial charge in [0.05, 0.1) is 15.5 Å². The zero-order chi connectivity index (χ0) is 19.9. The summed E-state index contributed by atoms with van der Waals surface area (Å²) in [5.41, 5.74) is 2.97. The van der Waals surface area contributed by atoms with E-state index in [-0.39, 0.29) is 10.8 Å². The first-order valence-corrected chi connectivity index (χ1v) is 11.4. The molecule has 1 aliphatic heterocycles. The molecule has 1 amide bonds. The molecule has 8 heteroatoms. The van der Waals surface area contributed by atoms with Crippen molar-refractivity contribution in [1.82, 2.24) is 0 Å². The van der Waals surface area contributed by atoms with Crippen LogP contribution in [-0.2, 0) is 16.4 Å². The molecule has 1 aliphatic rings. The smallest absolute Gasteiger partial charge is 0.268 e. The van der Waals surface area contributed by atoms with Crippen molar-refractivity contribution >= 4 is 50.2 Å². The molecule has 0 atom stereocenters. The summed E-state index contributed by atoms with van der Waals surface area (Å²) in [6, 6.07) is 13.5. The molecule has 3 aromatic rings. The summed E-state index contributed by atoms with van der Waals surface area (Å²) in [6.45, 7) is 2.39. The minimum Gasteiger partial charge on any atom is -0.307 e. The normalized spacial score (nSPS) is 13.4. The van der Waals surface area contributed by atoms with Gasteiger partial charge in [0.2, 0.25) is 0 Å². The first kappa shape index (κ1) is 19.0. The Morgan fingerprint density at radius 3 is 2.71 bits per heavy atom. The lowest BCUT2D eigenvalue weighted by atomic mass is 10.1. The second kappa shape index (κ2) is 7.24. The van der Waals surface area contributed by atoms with Crippen LogP contribution in [0.15, 0.2) is 58.8 Å². The lowest BCUT2D eigenvalue weighted by molar-refractivity contribution is 0.0993. The van der Waals surface area contributed by atoms with Gasteiger partial charge in [0.25, 0.3) is 15.9 Å². The van der Waals surface area contributed by atoms with Crippen LogP contribution in [-0.4, -0.2) is 20.9 Å². The van der Waals surface area contributed by atoms with Crippen LogP contribution >= 0.6 is 22.9 Å². The molecule has 0 unspecified atom stereocenters. The van der Waals surface area contributed by atoms with E-state index in [4.69, 9.17) is 11.6 Å². The van der Waals surface area contributed by atoms with Crippen LogP contribution in [0.25, 0.3) is 0 Å². The fourth-order valence-corrected chi connectivity index (χ4v) is 5.13. The molecule has 1 N–H and O–H groups in total. The molecule has 0 saturated carbocycles. The highest BCUT2D eigenvalue weighted by atomic mass is 35.5. The zero-order valence-electron chi connectivity index (χ0n) is 15.0. The van der Waals surface area contributed by atoms with E-state index in [9.17, 15) is 13.2 Å². The Kier molecular flexibility index (Phi) is 4.91. The number of benzene rings is 2. The van der Waals surface area contributed by atoms with E-state index >= 15 is 0 Å². The number of aryl methyl sites for hydroxylation is 1. The SMILES string of the molecule is Cc1ccc(S(=O)(=O)Nc2ccc3c(c2)N(C(=O)c2cccs2)CC3)cc1Cl. The highest BCUT2D eigenvalue weighted by Crippen LogP contribution is 2.33. The van der Waals surface area contributed by atoms with Crippen LogP contribution in [0.4, 0.5) is 11.4 Å². The summed E-state index contributed by atoms with van der Waals surface area (Å²) < 4.78 is 28.0. The van der Waals surface area contributed by atoms with Crippen molar-refractivity contribution in [1.29, 1.82) is 0 Å². The average Bonchev–Trinajstić information content (AvgIpc) is 3.32. The Hall–Kier alpha value is -2.35. The molecule has 2 heterocycles. The van der Waals surface area contributed by atoms with E-state index in [2.05, 4.69) is 4.72 Å². The van der Waals surface area contributed by atoms with Crippen molar-refractivity contribution < 1.29 is 13.2 Å². The van der Waals surface area contributed by atoms with Gasteiger partial charge in [-0.05, 0) is 60.2 Å². The van der Waals surface area contributed by atoms with Gasteiger partial charge in [0, 0.05) is 17.3 Å². The summed E-state index contributed by atoms with van der Waals surface area (Å²) >= 11 is 7.46. The Bertz CT molecular complexity index is 1160. The standard InChI is InChI=1S/C20H17ClN2O3S2/c1-13-4-7-16(12-17(13)21)28(25,26)22-15-6-5-14-8-9-23(18(14)11-15)20(24)19-3-2-10-27-19/h2-7,10-12,22H,8-9H2,1H3. The molecule has 0 radical (unpaired) electrons. The molecule has 28 heavy (non-hydrogen) atoms. The number of nitrogens with one attached hydrogen (secondary N) is 1. The van der Waals surface area contributed by atoms with Gasteiger partial charge >= 0.3 is 0 Å². The monoisotopic (exact) mass is 432 g/mol. The van der Waals surface area contributed by atoms with Crippen LogP contribution in [0.2, 0.25) is 5.02 Å². The molecule has 144 valence electrons. The highest BCUT2D eigenvalue weighted by molar-refractivity contribution is 7.92. The predicted molar refractivity (Wildman–Crippen MR) is 113 cm³/mol. The Morgan fingerprint density at radius 2 is 2.00 bits per heavy atom. The van der Waals surface area contributed by atoms with Gasteiger partial charge in [-0.25, -0.2) is 8.42 Å². The lowest BCUT2D eigenvalue weighted by Crippen LogP contribution is -2.28. The molecule has 0 aliphatic carbocycles. The number of carbonyl (C=O) groups is 1. The summed E-state index contributed by atoms with van der Waals surface area (Å²) in [4.78, 5) is 15.2. The van der Waals surface area contributed by atoms with Crippen molar-refractivity contribution in [3.8, 4) is 0 Å². The molecular formula is C20H17ClN2O3S2. The second-order valence-corrected chi connectivity index (χ2v) is 9.58. The molecule has 1 aromatic heterocycles. The highest BCUT2D eigenvalue weighted by Gasteiger charge is 2.27. The maximum absolute atomic E-state index is 12.7. The lowest BCUT2D eigenvalue weighted by Gasteiger charge is -2.17. The van der Waals surface area contributed by atoms with Gasteiger partial charge in [-0.3, -0.25) is 9.52 Å². The van der Waals surface area contributed by atoms with Gasteiger partial charge in [0.1, 0.15) is 0 Å². The van der Waals surface area contributed by atoms with Gasteiger partial charge in [-0.2, -0.15) is 0 Å². The first-order chi connectivity index (χ1) is 13.3. The Balaban J connectivity index is 1.63. The number of thiophene rings is 1. The van der Waals surface area contributed by atoms with Crippen LogP contribution in [0, 0.1) is 6.92 Å². The van der Waals surface area contributed by atoms with E-state index in [1.165, 1.54) is 23.5 Å². The second-order valence-electron chi connectivity index (χ2n) is 6.54. The molecule has 0 fully saturated rings. The summed E-state index contributed by atoms with van der Waals surface area (Å²) in [5.74, 6) is -0.0703. The van der Waals surface area contributed by atoms with Crippen LogP contribution in [0.3, 0.4) is 0 Å². The van der Waals surface area contributed by atoms with Crippen molar-refractivity contribution in [2.75, 3.05) is 16.2 Å². The first-order valence-electron chi connectivity index (χ1n) is 8.62. The van der Waals surface area contributed by atoms with E-state index < -0.39 is 10.0 Å². The summed E-state index contributed by atoms with van der Waals surface area (Å²) in [7, 11) is -3.79. The Morgan fingerprint density at radius 1 is 1.18 bits per heavy atom. The topological polar surface area (TPSA) is 66.5 Å². The third kappa shape index (κ3) is 3.53. The fraction of sp³-hybridized carbons (Fsp3) is 0.150. The number of hydrogen-bond donors (Lipinski definition) is 1. The molecule has 0 bridgehead atoms. The maximum atomic E-state index is 12.7. The molecule has 5 nitrogen and oxygen atoms in total. The Labute approximate surface area is 172 Å². The molecular weight excluding hydrogens is 416 g/mol. The third-order valence-electron chi connectivity index (χ3n) is 4.66. The number of hydrogen-bond acceptors (Lipinski definition) is 4. The number of rotatable bonds is 4. The van der Waals surface area contributed by atoms with Crippen LogP contribution in [0.1, 0.15) is 20.8 Å². The number of amides is 1. The molecule has 2 aromatic carbocycles. The zero-order valence-corrected chi connectivity index (χ0v) is 17.4.